The molecule has 0 fully saturated rings. The number of rotatable bonds is 3. The van der Waals surface area contributed by atoms with Crippen LogP contribution >= 0.6 is 11.6 Å². The maximum absolute atomic E-state index is 13.4. The Morgan fingerprint density at radius 1 is 0.865 bits per heavy atom. The van der Waals surface area contributed by atoms with Gasteiger partial charge in [-0.3, -0.25) is 14.4 Å². The second-order valence-corrected chi connectivity index (χ2v) is 9.16. The second kappa shape index (κ2) is 8.71. The van der Waals surface area contributed by atoms with Crippen LogP contribution in [0.5, 0.6) is 0 Å². The summed E-state index contributed by atoms with van der Waals surface area (Å²) in [6, 6.07) is 23.1. The minimum absolute atomic E-state index is 0.270. The van der Waals surface area contributed by atoms with E-state index in [1.807, 2.05) is 30.3 Å². The summed E-state index contributed by atoms with van der Waals surface area (Å²) in [4.78, 5) is 22.5. The molecule has 37 heavy (non-hydrogen) atoms. The highest BCUT2D eigenvalue weighted by atomic mass is 35.5. The van der Waals surface area contributed by atoms with Gasteiger partial charge in [-0.2, -0.15) is 13.2 Å². The van der Waals surface area contributed by atoms with Crippen LogP contribution in [0.4, 0.5) is 18.9 Å². The topological polar surface area (TPSA) is 47.2 Å². The van der Waals surface area contributed by atoms with Gasteiger partial charge in [0.2, 0.25) is 0 Å². The molecule has 6 rings (SSSR count). The van der Waals surface area contributed by atoms with Gasteiger partial charge in [0.1, 0.15) is 6.33 Å². The quantitative estimate of drug-likeness (QED) is 0.251. The summed E-state index contributed by atoms with van der Waals surface area (Å²) >= 11 is 6.51. The molecule has 0 atom stereocenters. The molecule has 2 heterocycles. The van der Waals surface area contributed by atoms with Gasteiger partial charge in [0.15, 0.2) is 0 Å². The normalized spacial score (nSPS) is 13.0. The lowest BCUT2D eigenvalue weighted by atomic mass is 10.0. The maximum Gasteiger partial charge on any atom is 0.416 e. The minimum atomic E-state index is -4.40. The van der Waals surface area contributed by atoms with Gasteiger partial charge in [-0.25, -0.2) is 4.98 Å². The second-order valence-electron chi connectivity index (χ2n) is 8.75. The van der Waals surface area contributed by atoms with E-state index in [9.17, 15) is 18.0 Å². The molecule has 0 saturated heterocycles. The van der Waals surface area contributed by atoms with Crippen molar-refractivity contribution in [2.45, 2.75) is 12.6 Å². The van der Waals surface area contributed by atoms with Crippen LogP contribution in [0.2, 0.25) is 5.02 Å². The zero-order valence-electron chi connectivity index (χ0n) is 19.1. The SMILES string of the molecule is O=c1c2ccc(-c3ccc(C(F)(F)F)cc3)cc2ncn1-c1ccc(Cl)c(C2=Nc3ccccc3C2)c1. The lowest BCUT2D eigenvalue weighted by molar-refractivity contribution is -0.137. The molecule has 1 aliphatic rings. The van der Waals surface area contributed by atoms with Crippen LogP contribution in [0.25, 0.3) is 27.7 Å². The Morgan fingerprint density at radius 3 is 2.38 bits per heavy atom. The van der Waals surface area contributed by atoms with Crippen molar-refractivity contribution in [1.29, 1.82) is 0 Å². The Kier molecular flexibility index (Phi) is 5.46. The van der Waals surface area contributed by atoms with E-state index in [2.05, 4.69) is 4.98 Å². The molecule has 0 amide bonds. The molecule has 0 saturated carbocycles. The number of nitrogens with zero attached hydrogens (tertiary/aromatic N) is 3. The van der Waals surface area contributed by atoms with Crippen molar-refractivity contribution in [3.63, 3.8) is 0 Å². The average Bonchev–Trinajstić information content (AvgIpc) is 3.33. The zero-order valence-corrected chi connectivity index (χ0v) is 19.9. The standard InChI is InChI=1S/C29H17ClF3N3O/c30-24-12-10-21(15-23(24)27-14-19-3-1-2-4-25(19)35-27)36-16-34-26-13-18(7-11-22(26)28(36)37)17-5-8-20(9-6-17)29(31,32)33/h1-13,15-16H,14H2. The van der Waals surface area contributed by atoms with Gasteiger partial charge in [0.05, 0.1) is 33.6 Å². The van der Waals surface area contributed by atoms with E-state index in [0.717, 1.165) is 34.7 Å². The van der Waals surface area contributed by atoms with E-state index in [-0.39, 0.29) is 5.56 Å². The zero-order chi connectivity index (χ0) is 25.7. The molecular weight excluding hydrogens is 499 g/mol. The van der Waals surface area contributed by atoms with Crippen LogP contribution in [0.15, 0.2) is 101 Å². The predicted octanol–water partition coefficient (Wildman–Crippen LogP) is 7.40. The molecule has 0 spiro atoms. The lowest BCUT2D eigenvalue weighted by Crippen LogP contribution is -2.19. The van der Waals surface area contributed by atoms with Gasteiger partial charge < -0.3 is 0 Å². The number of benzene rings is 4. The molecule has 1 aromatic heterocycles. The van der Waals surface area contributed by atoms with E-state index >= 15 is 0 Å². The molecule has 4 aromatic carbocycles. The number of aromatic nitrogens is 2. The molecule has 0 bridgehead atoms. The van der Waals surface area contributed by atoms with E-state index in [1.54, 1.807) is 30.3 Å². The molecule has 1 aliphatic heterocycles. The fraction of sp³-hybridized carbons (Fsp3) is 0.0690. The number of alkyl halides is 3. The Morgan fingerprint density at radius 2 is 1.62 bits per heavy atom. The summed E-state index contributed by atoms with van der Waals surface area (Å²) in [5.74, 6) is 0. The minimum Gasteiger partial charge on any atom is -0.268 e. The third kappa shape index (κ3) is 4.21. The number of hydrogen-bond donors (Lipinski definition) is 0. The summed E-state index contributed by atoms with van der Waals surface area (Å²) in [6.07, 6.45) is -2.30. The van der Waals surface area contributed by atoms with Crippen LogP contribution in [0.3, 0.4) is 0 Å². The number of hydrogen-bond acceptors (Lipinski definition) is 3. The fourth-order valence-electron chi connectivity index (χ4n) is 4.51. The molecule has 0 radical (unpaired) electrons. The Balaban J connectivity index is 1.36. The molecular formula is C29H17ClF3N3O. The highest BCUT2D eigenvalue weighted by Gasteiger charge is 2.30. The van der Waals surface area contributed by atoms with Crippen LogP contribution in [-0.2, 0) is 12.6 Å². The number of fused-ring (bicyclic) bond motifs is 2. The first kappa shape index (κ1) is 23.2. The van der Waals surface area contributed by atoms with E-state index in [0.29, 0.717) is 39.2 Å². The van der Waals surface area contributed by atoms with Crippen molar-refractivity contribution >= 4 is 33.9 Å². The molecule has 0 N–H and O–H groups in total. The van der Waals surface area contributed by atoms with Crippen molar-refractivity contribution in [2.75, 3.05) is 0 Å². The highest BCUT2D eigenvalue weighted by molar-refractivity contribution is 6.34. The molecule has 5 aromatic rings. The van der Waals surface area contributed by atoms with E-state index < -0.39 is 11.7 Å². The first-order valence-corrected chi connectivity index (χ1v) is 11.8. The number of halogens is 4. The van der Waals surface area contributed by atoms with Crippen molar-refractivity contribution in [3.8, 4) is 16.8 Å². The van der Waals surface area contributed by atoms with Crippen LogP contribution in [0, 0.1) is 0 Å². The molecule has 0 aliphatic carbocycles. The maximum atomic E-state index is 13.4. The number of para-hydroxylation sites is 1. The van der Waals surface area contributed by atoms with Crippen molar-refractivity contribution in [3.05, 3.63) is 123 Å². The highest BCUT2D eigenvalue weighted by Crippen LogP contribution is 2.33. The predicted molar refractivity (Wildman–Crippen MR) is 139 cm³/mol. The third-order valence-electron chi connectivity index (χ3n) is 6.45. The third-order valence-corrected chi connectivity index (χ3v) is 6.78. The van der Waals surface area contributed by atoms with Crippen LogP contribution in [-0.4, -0.2) is 15.3 Å². The van der Waals surface area contributed by atoms with Gasteiger partial charge in [-0.1, -0.05) is 48.0 Å². The van der Waals surface area contributed by atoms with Crippen molar-refractivity contribution < 1.29 is 13.2 Å². The summed E-state index contributed by atoms with van der Waals surface area (Å²) in [7, 11) is 0. The Labute approximate surface area is 214 Å². The monoisotopic (exact) mass is 515 g/mol. The Bertz CT molecular complexity index is 1770. The molecule has 8 heteroatoms. The Hall–Kier alpha value is -4.23. The van der Waals surface area contributed by atoms with Crippen molar-refractivity contribution in [1.82, 2.24) is 9.55 Å². The van der Waals surface area contributed by atoms with Gasteiger partial charge >= 0.3 is 6.18 Å². The lowest BCUT2D eigenvalue weighted by Gasteiger charge is -2.11. The fourth-order valence-corrected chi connectivity index (χ4v) is 4.74. The summed E-state index contributed by atoms with van der Waals surface area (Å²) in [6.45, 7) is 0. The van der Waals surface area contributed by atoms with Gasteiger partial charge in [0.25, 0.3) is 5.56 Å². The van der Waals surface area contributed by atoms with E-state index in [1.165, 1.54) is 23.0 Å². The summed E-state index contributed by atoms with van der Waals surface area (Å²) < 4.78 is 40.1. The molecule has 182 valence electrons. The first-order chi connectivity index (χ1) is 17.8. The summed E-state index contributed by atoms with van der Waals surface area (Å²) in [5, 5.41) is 0.929. The van der Waals surface area contributed by atoms with Crippen LogP contribution in [0.1, 0.15) is 16.7 Å². The van der Waals surface area contributed by atoms with E-state index in [4.69, 9.17) is 16.6 Å². The summed E-state index contributed by atoms with van der Waals surface area (Å²) in [5.41, 5.74) is 4.94. The van der Waals surface area contributed by atoms with Gasteiger partial charge in [0, 0.05) is 17.0 Å². The largest absolute Gasteiger partial charge is 0.416 e. The number of aliphatic imine (C=N–C) groups is 1. The van der Waals surface area contributed by atoms with Gasteiger partial charge in [-0.05, 0) is 65.2 Å². The molecule has 4 nitrogen and oxygen atoms in total. The smallest absolute Gasteiger partial charge is 0.268 e. The average molecular weight is 516 g/mol. The van der Waals surface area contributed by atoms with Crippen LogP contribution < -0.4 is 5.56 Å². The van der Waals surface area contributed by atoms with Crippen molar-refractivity contribution in [2.24, 2.45) is 4.99 Å². The molecule has 0 unspecified atom stereocenters. The van der Waals surface area contributed by atoms with Gasteiger partial charge in [-0.15, -0.1) is 0 Å². The first-order valence-electron chi connectivity index (χ1n) is 11.4.